The Balaban J connectivity index is 4.15. The molecule has 0 saturated heterocycles. The molecule has 0 N–H and O–H groups in total. The highest BCUT2D eigenvalue weighted by atomic mass is 16.6. The number of carbonyl (C=O) groups is 3. The molecule has 6 nitrogen and oxygen atoms in total. The van der Waals surface area contributed by atoms with Gasteiger partial charge in [0.15, 0.2) is 6.10 Å². The van der Waals surface area contributed by atoms with Crippen LogP contribution in [-0.2, 0) is 28.6 Å². The number of rotatable bonds is 57. The third kappa shape index (κ3) is 59.5. The lowest BCUT2D eigenvalue weighted by Gasteiger charge is -2.18. The molecule has 0 radical (unpaired) electrons. The zero-order valence-electron chi connectivity index (χ0n) is 48.8. The Bertz CT molecular complexity index is 1420. The van der Waals surface area contributed by atoms with Crippen LogP contribution in [0.15, 0.2) is 85.1 Å². The second-order valence-electron chi connectivity index (χ2n) is 20.9. The minimum atomic E-state index is -0.782. The number of hydrogen-bond acceptors (Lipinski definition) is 6. The zero-order valence-corrected chi connectivity index (χ0v) is 48.8. The first-order valence-corrected chi connectivity index (χ1v) is 31.6. The topological polar surface area (TPSA) is 78.9 Å². The van der Waals surface area contributed by atoms with E-state index in [0.29, 0.717) is 19.3 Å². The van der Waals surface area contributed by atoms with Crippen molar-refractivity contribution in [2.45, 2.75) is 316 Å². The van der Waals surface area contributed by atoms with Gasteiger partial charge in [-0.15, -0.1) is 0 Å². The monoisotopic (exact) mass is 1030 g/mol. The maximum Gasteiger partial charge on any atom is 0.306 e. The maximum absolute atomic E-state index is 12.8. The second kappa shape index (κ2) is 62.1. The van der Waals surface area contributed by atoms with Gasteiger partial charge in [-0.3, -0.25) is 14.4 Å². The first kappa shape index (κ1) is 70.6. The van der Waals surface area contributed by atoms with Crippen molar-refractivity contribution in [1.82, 2.24) is 0 Å². The van der Waals surface area contributed by atoms with Crippen molar-refractivity contribution in [1.29, 1.82) is 0 Å². The third-order valence-corrected chi connectivity index (χ3v) is 13.6. The molecule has 0 spiro atoms. The van der Waals surface area contributed by atoms with E-state index in [2.05, 4.69) is 106 Å². The van der Waals surface area contributed by atoms with Crippen LogP contribution in [0.3, 0.4) is 0 Å². The molecular formula is C68H118O6. The first-order valence-electron chi connectivity index (χ1n) is 31.6. The van der Waals surface area contributed by atoms with Crippen molar-refractivity contribution in [2.75, 3.05) is 13.2 Å². The van der Waals surface area contributed by atoms with Crippen molar-refractivity contribution in [3.63, 3.8) is 0 Å². The molecule has 0 aliphatic carbocycles. The average Bonchev–Trinajstić information content (AvgIpc) is 3.40. The molecule has 6 heteroatoms. The molecule has 1 atom stereocenters. The van der Waals surface area contributed by atoms with Crippen LogP contribution in [0.2, 0.25) is 0 Å². The molecule has 74 heavy (non-hydrogen) atoms. The summed E-state index contributed by atoms with van der Waals surface area (Å²) in [5.41, 5.74) is 0. The molecule has 0 saturated carbocycles. The fourth-order valence-corrected chi connectivity index (χ4v) is 8.86. The van der Waals surface area contributed by atoms with E-state index in [9.17, 15) is 14.4 Å². The minimum absolute atomic E-state index is 0.0799. The summed E-state index contributed by atoms with van der Waals surface area (Å²) in [6, 6.07) is 0. The van der Waals surface area contributed by atoms with E-state index in [-0.39, 0.29) is 31.1 Å². The van der Waals surface area contributed by atoms with E-state index < -0.39 is 6.10 Å². The van der Waals surface area contributed by atoms with E-state index in [1.54, 1.807) is 0 Å². The van der Waals surface area contributed by atoms with Crippen LogP contribution in [0.25, 0.3) is 0 Å². The molecule has 0 aromatic heterocycles. The Morgan fingerprint density at radius 3 is 0.878 bits per heavy atom. The van der Waals surface area contributed by atoms with E-state index in [0.717, 1.165) is 109 Å². The Hall–Kier alpha value is -3.41. The Labute approximate surface area is 458 Å². The number of hydrogen-bond donors (Lipinski definition) is 0. The van der Waals surface area contributed by atoms with Crippen molar-refractivity contribution in [2.24, 2.45) is 0 Å². The van der Waals surface area contributed by atoms with Gasteiger partial charge < -0.3 is 14.2 Å². The molecule has 0 aliphatic rings. The molecule has 0 rings (SSSR count). The van der Waals surface area contributed by atoms with Crippen LogP contribution in [0.5, 0.6) is 0 Å². The molecule has 0 aromatic rings. The summed E-state index contributed by atoms with van der Waals surface area (Å²) in [5, 5.41) is 0. The lowest BCUT2D eigenvalue weighted by Crippen LogP contribution is -2.30. The van der Waals surface area contributed by atoms with Gasteiger partial charge in [-0.2, -0.15) is 0 Å². The Morgan fingerprint density at radius 1 is 0.284 bits per heavy atom. The van der Waals surface area contributed by atoms with Gasteiger partial charge in [0.1, 0.15) is 13.2 Å². The highest BCUT2D eigenvalue weighted by Crippen LogP contribution is 2.16. The molecule has 0 amide bonds. The van der Waals surface area contributed by atoms with Crippen LogP contribution >= 0.6 is 0 Å². The minimum Gasteiger partial charge on any atom is -0.462 e. The zero-order chi connectivity index (χ0) is 53.6. The van der Waals surface area contributed by atoms with E-state index in [4.69, 9.17) is 14.2 Å². The SMILES string of the molecule is CC/C=C\C/C=C\C/C=C\C/C=C\C/C=C\CCCCCCCCCCCCCCCCCC(=O)OCC(COC(=O)CCCCCCC/C=C\CCCC)OC(=O)CCCCCCC/C=C\CCCCCCC. The smallest absolute Gasteiger partial charge is 0.306 e. The van der Waals surface area contributed by atoms with Gasteiger partial charge in [-0.05, 0) is 109 Å². The van der Waals surface area contributed by atoms with Crippen molar-refractivity contribution >= 4 is 17.9 Å². The average molecular weight is 1030 g/mol. The highest BCUT2D eigenvalue weighted by molar-refractivity contribution is 5.71. The largest absolute Gasteiger partial charge is 0.462 e. The summed E-state index contributed by atoms with van der Waals surface area (Å²) in [6.07, 6.45) is 81.7. The summed E-state index contributed by atoms with van der Waals surface area (Å²) in [4.78, 5) is 38.2. The van der Waals surface area contributed by atoms with Crippen LogP contribution in [0.1, 0.15) is 310 Å². The Morgan fingerprint density at radius 2 is 0.541 bits per heavy atom. The quantitative estimate of drug-likeness (QED) is 0.0261. The standard InChI is InChI=1S/C68H118O6/c1-4-7-10-13-16-19-22-24-26-27-28-29-30-31-32-33-34-35-36-37-38-39-40-41-42-44-46-49-52-55-58-61-67(70)73-64-65(63-72-66(69)60-57-54-51-48-45-21-18-15-12-9-6-3)74-68(71)62-59-56-53-50-47-43-25-23-20-17-14-11-8-5-2/h7,10,15-16,18-19,23-26,28-29,31-32,65H,4-6,8-9,11-14,17,20-22,27,30,33-64H2,1-3H3/b10-7-,18-15-,19-16-,25-23-,26-24-,29-28-,32-31-. The number of carbonyl (C=O) groups excluding carboxylic acids is 3. The van der Waals surface area contributed by atoms with E-state index in [1.807, 2.05) is 0 Å². The summed E-state index contributed by atoms with van der Waals surface area (Å²) < 4.78 is 16.9. The van der Waals surface area contributed by atoms with Crippen LogP contribution in [-0.4, -0.2) is 37.2 Å². The summed E-state index contributed by atoms with van der Waals surface area (Å²) in [7, 11) is 0. The summed E-state index contributed by atoms with van der Waals surface area (Å²) in [5.74, 6) is -0.889. The van der Waals surface area contributed by atoms with Gasteiger partial charge in [0, 0.05) is 19.3 Å². The van der Waals surface area contributed by atoms with E-state index in [1.165, 1.54) is 161 Å². The molecule has 0 aromatic carbocycles. The number of ether oxygens (including phenoxy) is 3. The molecule has 0 aliphatic heterocycles. The van der Waals surface area contributed by atoms with E-state index >= 15 is 0 Å². The third-order valence-electron chi connectivity index (χ3n) is 13.6. The predicted molar refractivity (Wildman–Crippen MR) is 321 cm³/mol. The predicted octanol–water partition coefficient (Wildman–Crippen LogP) is 21.5. The summed E-state index contributed by atoms with van der Waals surface area (Å²) >= 11 is 0. The molecule has 0 bridgehead atoms. The normalized spacial score (nSPS) is 12.6. The molecule has 0 heterocycles. The van der Waals surface area contributed by atoms with Crippen molar-refractivity contribution in [3.8, 4) is 0 Å². The lowest BCUT2D eigenvalue weighted by molar-refractivity contribution is -0.167. The van der Waals surface area contributed by atoms with Gasteiger partial charge in [0.05, 0.1) is 0 Å². The fraction of sp³-hybridized carbons (Fsp3) is 0.750. The van der Waals surface area contributed by atoms with Crippen molar-refractivity contribution < 1.29 is 28.6 Å². The maximum atomic E-state index is 12.8. The highest BCUT2D eigenvalue weighted by Gasteiger charge is 2.19. The van der Waals surface area contributed by atoms with Crippen LogP contribution in [0.4, 0.5) is 0 Å². The summed E-state index contributed by atoms with van der Waals surface area (Å²) in [6.45, 7) is 6.49. The lowest BCUT2D eigenvalue weighted by atomic mass is 10.0. The second-order valence-corrected chi connectivity index (χ2v) is 20.9. The molecular weight excluding hydrogens is 913 g/mol. The van der Waals surface area contributed by atoms with Crippen molar-refractivity contribution in [3.05, 3.63) is 85.1 Å². The van der Waals surface area contributed by atoms with Crippen LogP contribution in [0, 0.1) is 0 Å². The van der Waals surface area contributed by atoms with Gasteiger partial charge >= 0.3 is 17.9 Å². The van der Waals surface area contributed by atoms with Gasteiger partial charge in [0.25, 0.3) is 0 Å². The van der Waals surface area contributed by atoms with Gasteiger partial charge in [0.2, 0.25) is 0 Å². The number of esters is 3. The number of allylic oxidation sites excluding steroid dienone is 14. The molecule has 0 fully saturated rings. The first-order chi connectivity index (χ1) is 36.5. The fourth-order valence-electron chi connectivity index (χ4n) is 8.86. The van der Waals surface area contributed by atoms with Gasteiger partial charge in [-0.1, -0.05) is 266 Å². The van der Waals surface area contributed by atoms with Gasteiger partial charge in [-0.25, -0.2) is 0 Å². The number of unbranched alkanes of at least 4 members (excludes halogenated alkanes) is 32. The molecule has 426 valence electrons. The van der Waals surface area contributed by atoms with Crippen LogP contribution < -0.4 is 0 Å². The molecule has 1 unspecified atom stereocenters. The Kier molecular flexibility index (Phi) is 59.3.